The van der Waals surface area contributed by atoms with Crippen LogP contribution in [0.1, 0.15) is 58.3 Å². The molecule has 0 aromatic rings. The van der Waals surface area contributed by atoms with E-state index in [1.165, 1.54) is 38.5 Å². The Morgan fingerprint density at radius 1 is 1.16 bits per heavy atom. The highest BCUT2D eigenvalue weighted by atomic mass is 16.3. The van der Waals surface area contributed by atoms with Crippen LogP contribution in [0.2, 0.25) is 0 Å². The Morgan fingerprint density at radius 2 is 1.63 bits per heavy atom. The minimum Gasteiger partial charge on any atom is -0.396 e. The van der Waals surface area contributed by atoms with Crippen LogP contribution in [0.3, 0.4) is 0 Å². The van der Waals surface area contributed by atoms with E-state index in [0.29, 0.717) is 12.0 Å². The third-order valence-electron chi connectivity index (χ3n) is 5.36. The maximum atomic E-state index is 9.43. The molecule has 0 amide bonds. The second-order valence-electron chi connectivity index (χ2n) is 7.17. The van der Waals surface area contributed by atoms with Crippen LogP contribution in [-0.2, 0) is 0 Å². The number of aliphatic hydroxyl groups is 2. The van der Waals surface area contributed by atoms with Crippen LogP contribution in [0.5, 0.6) is 0 Å². The van der Waals surface area contributed by atoms with E-state index in [0.717, 1.165) is 30.6 Å². The lowest BCUT2D eigenvalue weighted by atomic mass is 9.50. The minimum absolute atomic E-state index is 0.287. The Morgan fingerprint density at radius 3 is 1.89 bits per heavy atom. The van der Waals surface area contributed by atoms with Gasteiger partial charge < -0.3 is 10.2 Å². The molecule has 0 aromatic carbocycles. The second kappa shape index (κ2) is 6.41. The fourth-order valence-electron chi connectivity index (χ4n) is 4.90. The summed E-state index contributed by atoms with van der Waals surface area (Å²) in [6.07, 6.45) is 11.6. The molecule has 2 nitrogen and oxygen atoms in total. The van der Waals surface area contributed by atoms with Crippen molar-refractivity contribution in [3.05, 3.63) is 12.7 Å². The Labute approximate surface area is 117 Å². The Hall–Kier alpha value is -0.340. The summed E-state index contributed by atoms with van der Waals surface area (Å²) < 4.78 is 0. The van der Waals surface area contributed by atoms with Gasteiger partial charge in [0.2, 0.25) is 0 Å². The molecule has 0 heterocycles. The molecule has 4 saturated carbocycles. The molecule has 0 spiro atoms. The van der Waals surface area contributed by atoms with Gasteiger partial charge in [-0.15, -0.1) is 6.58 Å². The maximum Gasteiger partial charge on any atom is 0.0718 e. The van der Waals surface area contributed by atoms with Crippen molar-refractivity contribution in [2.24, 2.45) is 23.2 Å². The van der Waals surface area contributed by atoms with Crippen molar-refractivity contribution < 1.29 is 10.2 Å². The summed E-state index contributed by atoms with van der Waals surface area (Å²) in [7, 11) is 0. The quantitative estimate of drug-likeness (QED) is 0.764. The fourth-order valence-corrected chi connectivity index (χ4v) is 4.90. The molecule has 0 aromatic heterocycles. The Kier molecular flexibility index (Phi) is 5.08. The predicted octanol–water partition coefficient (Wildman–Crippen LogP) is 3.53. The topological polar surface area (TPSA) is 40.5 Å². The van der Waals surface area contributed by atoms with E-state index in [1.54, 1.807) is 6.08 Å². The minimum atomic E-state index is -0.287. The highest BCUT2D eigenvalue weighted by Gasteiger charge is 2.50. The standard InChI is InChI=1S/C11H18O.C6H12O/c12-7-11-4-8-1-9(5-11)3-10(2-8)6-11;1-3-5-6(7)4-2/h8-10,12H,1-7H2;4,6-7H,2-3,5H2,1H3. The first-order chi connectivity index (χ1) is 9.10. The van der Waals surface area contributed by atoms with Crippen molar-refractivity contribution in [2.75, 3.05) is 6.61 Å². The molecular formula is C17H30O2. The van der Waals surface area contributed by atoms with E-state index >= 15 is 0 Å². The van der Waals surface area contributed by atoms with E-state index in [9.17, 15) is 5.11 Å². The number of hydrogen-bond acceptors (Lipinski definition) is 2. The van der Waals surface area contributed by atoms with Gasteiger partial charge in [-0.3, -0.25) is 0 Å². The predicted molar refractivity (Wildman–Crippen MR) is 78.8 cm³/mol. The van der Waals surface area contributed by atoms with Crippen LogP contribution in [0.15, 0.2) is 12.7 Å². The largest absolute Gasteiger partial charge is 0.396 e. The van der Waals surface area contributed by atoms with Gasteiger partial charge in [-0.2, -0.15) is 0 Å². The summed E-state index contributed by atoms with van der Waals surface area (Å²) >= 11 is 0. The lowest BCUT2D eigenvalue weighted by Crippen LogP contribution is -2.47. The summed E-state index contributed by atoms with van der Waals surface area (Å²) in [6.45, 7) is 5.93. The zero-order valence-corrected chi connectivity index (χ0v) is 12.4. The van der Waals surface area contributed by atoms with Crippen LogP contribution in [0.25, 0.3) is 0 Å². The highest BCUT2D eigenvalue weighted by Crippen LogP contribution is 2.59. The molecule has 4 fully saturated rings. The number of hydrogen-bond donors (Lipinski definition) is 2. The fraction of sp³-hybridized carbons (Fsp3) is 0.882. The molecular weight excluding hydrogens is 236 g/mol. The van der Waals surface area contributed by atoms with E-state index in [2.05, 4.69) is 6.58 Å². The molecule has 0 saturated heterocycles. The van der Waals surface area contributed by atoms with Gasteiger partial charge in [0.05, 0.1) is 6.10 Å². The number of aliphatic hydroxyl groups excluding tert-OH is 2. The molecule has 110 valence electrons. The molecule has 4 bridgehead atoms. The SMILES string of the molecule is C=CC(O)CCC.OCC12CC3CC(CC(C3)C1)C2. The van der Waals surface area contributed by atoms with Gasteiger partial charge in [-0.1, -0.05) is 19.4 Å². The third-order valence-corrected chi connectivity index (χ3v) is 5.36. The average molecular weight is 266 g/mol. The van der Waals surface area contributed by atoms with Crippen molar-refractivity contribution in [1.29, 1.82) is 0 Å². The van der Waals surface area contributed by atoms with Crippen molar-refractivity contribution in [2.45, 2.75) is 64.4 Å². The summed E-state index contributed by atoms with van der Waals surface area (Å²) in [4.78, 5) is 0. The Bertz CT molecular complexity index is 262. The van der Waals surface area contributed by atoms with E-state index in [1.807, 2.05) is 6.92 Å². The summed E-state index contributed by atoms with van der Waals surface area (Å²) in [5, 5.41) is 18.2. The average Bonchev–Trinajstić information content (AvgIpc) is 2.38. The smallest absolute Gasteiger partial charge is 0.0718 e. The highest BCUT2D eigenvalue weighted by molar-refractivity contribution is 5.00. The van der Waals surface area contributed by atoms with Gasteiger partial charge >= 0.3 is 0 Å². The molecule has 4 aliphatic carbocycles. The molecule has 1 unspecified atom stereocenters. The van der Waals surface area contributed by atoms with Crippen LogP contribution >= 0.6 is 0 Å². The van der Waals surface area contributed by atoms with Gasteiger partial charge in [0.25, 0.3) is 0 Å². The zero-order chi connectivity index (χ0) is 13.9. The van der Waals surface area contributed by atoms with Gasteiger partial charge in [-0.05, 0) is 68.1 Å². The molecule has 4 rings (SSSR count). The normalized spacial score (nSPS) is 40.5. The molecule has 2 N–H and O–H groups in total. The van der Waals surface area contributed by atoms with E-state index in [4.69, 9.17) is 5.11 Å². The van der Waals surface area contributed by atoms with Gasteiger partial charge in [0.15, 0.2) is 0 Å². The first kappa shape index (κ1) is 15.1. The monoisotopic (exact) mass is 266 g/mol. The van der Waals surface area contributed by atoms with E-state index < -0.39 is 0 Å². The van der Waals surface area contributed by atoms with Gasteiger partial charge in [0, 0.05) is 6.61 Å². The second-order valence-corrected chi connectivity index (χ2v) is 7.17. The van der Waals surface area contributed by atoms with Crippen LogP contribution in [0.4, 0.5) is 0 Å². The lowest BCUT2D eigenvalue weighted by Gasteiger charge is -2.56. The zero-order valence-electron chi connectivity index (χ0n) is 12.4. The lowest BCUT2D eigenvalue weighted by molar-refractivity contribution is -0.0798. The molecule has 0 radical (unpaired) electrons. The summed E-state index contributed by atoms with van der Waals surface area (Å²) in [5.74, 6) is 2.97. The molecule has 0 aliphatic heterocycles. The van der Waals surface area contributed by atoms with Crippen molar-refractivity contribution in [3.63, 3.8) is 0 Å². The van der Waals surface area contributed by atoms with Gasteiger partial charge in [0.1, 0.15) is 0 Å². The van der Waals surface area contributed by atoms with Crippen LogP contribution in [-0.4, -0.2) is 22.9 Å². The van der Waals surface area contributed by atoms with Crippen LogP contribution < -0.4 is 0 Å². The van der Waals surface area contributed by atoms with Crippen LogP contribution in [0, 0.1) is 23.2 Å². The maximum absolute atomic E-state index is 9.43. The number of rotatable bonds is 4. The molecule has 4 aliphatic rings. The Balaban J connectivity index is 0.000000167. The van der Waals surface area contributed by atoms with Crippen molar-refractivity contribution >= 4 is 0 Å². The molecule has 19 heavy (non-hydrogen) atoms. The van der Waals surface area contributed by atoms with Gasteiger partial charge in [-0.25, -0.2) is 0 Å². The first-order valence-corrected chi connectivity index (χ1v) is 8.02. The summed E-state index contributed by atoms with van der Waals surface area (Å²) in [6, 6.07) is 0. The third kappa shape index (κ3) is 3.61. The van der Waals surface area contributed by atoms with Crippen molar-refractivity contribution in [3.8, 4) is 0 Å². The van der Waals surface area contributed by atoms with Crippen molar-refractivity contribution in [1.82, 2.24) is 0 Å². The summed E-state index contributed by atoms with van der Waals surface area (Å²) in [5.41, 5.74) is 0.398. The first-order valence-electron chi connectivity index (χ1n) is 8.02. The molecule has 2 heteroatoms. The van der Waals surface area contributed by atoms with E-state index in [-0.39, 0.29) is 6.10 Å². The molecule has 1 atom stereocenters.